The molecule has 0 aliphatic carbocycles. The maximum atomic E-state index is 11.3. The van der Waals surface area contributed by atoms with Crippen molar-refractivity contribution in [2.24, 2.45) is 16.6 Å². The SMILES string of the molecule is NNC(N)=NCC(=O)NCc1ccccc1. The molecule has 6 heteroatoms. The molecule has 1 amide bonds. The highest BCUT2D eigenvalue weighted by Crippen LogP contribution is 1.96. The summed E-state index contributed by atoms with van der Waals surface area (Å²) in [4.78, 5) is 15.0. The zero-order valence-electron chi connectivity index (χ0n) is 8.81. The van der Waals surface area contributed by atoms with E-state index in [1.165, 1.54) is 0 Å². The molecule has 6 N–H and O–H groups in total. The summed E-state index contributed by atoms with van der Waals surface area (Å²) < 4.78 is 0. The lowest BCUT2D eigenvalue weighted by Crippen LogP contribution is -2.38. The van der Waals surface area contributed by atoms with Gasteiger partial charge in [0, 0.05) is 6.54 Å². The van der Waals surface area contributed by atoms with Crippen LogP contribution in [0.1, 0.15) is 5.56 Å². The normalized spacial score (nSPS) is 10.9. The van der Waals surface area contributed by atoms with E-state index >= 15 is 0 Å². The van der Waals surface area contributed by atoms with E-state index < -0.39 is 0 Å². The highest BCUT2D eigenvalue weighted by molar-refractivity contribution is 5.83. The van der Waals surface area contributed by atoms with E-state index in [2.05, 4.69) is 15.7 Å². The number of aliphatic imine (C=N–C) groups is 1. The van der Waals surface area contributed by atoms with Gasteiger partial charge in [-0.2, -0.15) is 0 Å². The predicted molar refractivity (Wildman–Crippen MR) is 62.1 cm³/mol. The van der Waals surface area contributed by atoms with E-state index in [4.69, 9.17) is 11.6 Å². The van der Waals surface area contributed by atoms with Crippen LogP contribution in [0.25, 0.3) is 0 Å². The van der Waals surface area contributed by atoms with Gasteiger partial charge in [-0.05, 0) is 5.56 Å². The summed E-state index contributed by atoms with van der Waals surface area (Å²) in [5.41, 5.74) is 8.44. The molecule has 6 nitrogen and oxygen atoms in total. The molecule has 0 radical (unpaired) electrons. The topological polar surface area (TPSA) is 106 Å². The highest BCUT2D eigenvalue weighted by atomic mass is 16.1. The number of amides is 1. The first-order chi connectivity index (χ1) is 7.72. The Morgan fingerprint density at radius 1 is 1.31 bits per heavy atom. The molecule has 0 saturated carbocycles. The third-order valence-electron chi connectivity index (χ3n) is 1.87. The van der Waals surface area contributed by atoms with E-state index in [9.17, 15) is 4.79 Å². The molecule has 1 aromatic rings. The average Bonchev–Trinajstić information content (AvgIpc) is 2.34. The van der Waals surface area contributed by atoms with Gasteiger partial charge in [0.1, 0.15) is 6.54 Å². The van der Waals surface area contributed by atoms with E-state index in [-0.39, 0.29) is 18.4 Å². The summed E-state index contributed by atoms with van der Waals surface area (Å²) in [5.74, 6) is 4.82. The zero-order valence-corrected chi connectivity index (χ0v) is 8.81. The Hall–Kier alpha value is -2.08. The fraction of sp³-hybridized carbons (Fsp3) is 0.200. The third-order valence-corrected chi connectivity index (χ3v) is 1.87. The number of hydrogen-bond donors (Lipinski definition) is 4. The Bertz CT molecular complexity index is 363. The van der Waals surface area contributed by atoms with E-state index in [1.54, 1.807) is 0 Å². The molecular weight excluding hydrogens is 206 g/mol. The van der Waals surface area contributed by atoms with Crippen LogP contribution in [-0.2, 0) is 11.3 Å². The number of hydrogen-bond acceptors (Lipinski definition) is 3. The fourth-order valence-corrected chi connectivity index (χ4v) is 1.06. The first-order valence-electron chi connectivity index (χ1n) is 4.79. The van der Waals surface area contributed by atoms with Crippen LogP contribution < -0.4 is 22.3 Å². The summed E-state index contributed by atoms with van der Waals surface area (Å²) in [5, 5.41) is 2.71. The Balaban J connectivity index is 2.31. The second-order valence-electron chi connectivity index (χ2n) is 3.11. The molecular formula is C10H15N5O. The summed E-state index contributed by atoms with van der Waals surface area (Å²) in [6, 6.07) is 9.61. The summed E-state index contributed by atoms with van der Waals surface area (Å²) in [7, 11) is 0. The number of nitrogens with two attached hydrogens (primary N) is 2. The van der Waals surface area contributed by atoms with Crippen LogP contribution in [0.15, 0.2) is 35.3 Å². The van der Waals surface area contributed by atoms with E-state index in [0.29, 0.717) is 6.54 Å². The molecule has 0 aliphatic rings. The summed E-state index contributed by atoms with van der Waals surface area (Å²) in [6.07, 6.45) is 0. The minimum atomic E-state index is -0.206. The lowest BCUT2D eigenvalue weighted by molar-refractivity contribution is -0.119. The van der Waals surface area contributed by atoms with Crippen LogP contribution in [0.3, 0.4) is 0 Å². The fourth-order valence-electron chi connectivity index (χ4n) is 1.06. The molecule has 0 spiro atoms. The highest BCUT2D eigenvalue weighted by Gasteiger charge is 1.99. The van der Waals surface area contributed by atoms with Gasteiger partial charge in [-0.25, -0.2) is 10.8 Å². The standard InChI is InChI=1S/C10H15N5O/c11-10(15-12)14-7-9(16)13-6-8-4-2-1-3-5-8/h1-5H,6-7,12H2,(H,13,16)(H3,11,14,15). The average molecular weight is 221 g/mol. The van der Waals surface area contributed by atoms with E-state index in [1.807, 2.05) is 30.3 Å². The van der Waals surface area contributed by atoms with Crippen molar-refractivity contribution in [1.29, 1.82) is 0 Å². The largest absolute Gasteiger partial charge is 0.369 e. The summed E-state index contributed by atoms with van der Waals surface area (Å²) in [6.45, 7) is 0.439. The van der Waals surface area contributed by atoms with Crippen molar-refractivity contribution in [3.63, 3.8) is 0 Å². The molecule has 0 bridgehead atoms. The number of benzene rings is 1. The maximum absolute atomic E-state index is 11.3. The van der Waals surface area contributed by atoms with Gasteiger partial charge in [-0.3, -0.25) is 10.2 Å². The van der Waals surface area contributed by atoms with Crippen LogP contribution in [0.5, 0.6) is 0 Å². The number of hydrazine groups is 1. The molecule has 0 saturated heterocycles. The molecule has 1 aromatic carbocycles. The quantitative estimate of drug-likeness (QED) is 0.228. The second kappa shape index (κ2) is 6.41. The Morgan fingerprint density at radius 2 is 2.00 bits per heavy atom. The van der Waals surface area contributed by atoms with Crippen LogP contribution in [0.2, 0.25) is 0 Å². The molecule has 86 valence electrons. The van der Waals surface area contributed by atoms with Crippen LogP contribution in [0.4, 0.5) is 0 Å². The predicted octanol–water partition coefficient (Wildman–Crippen LogP) is -0.919. The van der Waals surface area contributed by atoms with Crippen LogP contribution >= 0.6 is 0 Å². The number of nitrogens with zero attached hydrogens (tertiary/aromatic N) is 1. The second-order valence-corrected chi connectivity index (χ2v) is 3.11. The number of nitrogens with one attached hydrogen (secondary N) is 2. The Labute approximate surface area is 93.7 Å². The minimum Gasteiger partial charge on any atom is -0.369 e. The zero-order chi connectivity index (χ0) is 11.8. The van der Waals surface area contributed by atoms with Crippen molar-refractivity contribution in [2.45, 2.75) is 6.54 Å². The number of guanidine groups is 1. The van der Waals surface area contributed by atoms with Gasteiger partial charge in [-0.1, -0.05) is 30.3 Å². The number of carbonyl (C=O) groups excluding carboxylic acids is 1. The van der Waals surface area contributed by atoms with Gasteiger partial charge < -0.3 is 11.1 Å². The number of carbonyl (C=O) groups is 1. The molecule has 0 heterocycles. The first-order valence-corrected chi connectivity index (χ1v) is 4.79. The molecule has 0 unspecified atom stereocenters. The Kier molecular flexibility index (Phi) is 4.81. The van der Waals surface area contributed by atoms with Gasteiger partial charge in [0.15, 0.2) is 0 Å². The smallest absolute Gasteiger partial charge is 0.242 e. The van der Waals surface area contributed by atoms with Crippen molar-refractivity contribution in [2.75, 3.05) is 6.54 Å². The molecule has 0 fully saturated rings. The van der Waals surface area contributed by atoms with Gasteiger partial charge in [-0.15, -0.1) is 0 Å². The molecule has 0 aliphatic heterocycles. The monoisotopic (exact) mass is 221 g/mol. The minimum absolute atomic E-state index is 0.0369. The molecule has 0 atom stereocenters. The number of rotatable bonds is 4. The summed E-state index contributed by atoms with van der Waals surface area (Å²) >= 11 is 0. The van der Waals surface area contributed by atoms with Crippen molar-refractivity contribution in [3.8, 4) is 0 Å². The van der Waals surface area contributed by atoms with Gasteiger partial charge in [0.2, 0.25) is 11.9 Å². The van der Waals surface area contributed by atoms with Crippen LogP contribution in [0, 0.1) is 0 Å². The molecule has 1 rings (SSSR count). The van der Waals surface area contributed by atoms with E-state index in [0.717, 1.165) is 5.56 Å². The third kappa shape index (κ3) is 4.43. The van der Waals surface area contributed by atoms with Crippen molar-refractivity contribution >= 4 is 11.9 Å². The maximum Gasteiger partial charge on any atom is 0.242 e. The molecule has 16 heavy (non-hydrogen) atoms. The van der Waals surface area contributed by atoms with Gasteiger partial charge >= 0.3 is 0 Å². The van der Waals surface area contributed by atoms with Crippen molar-refractivity contribution < 1.29 is 4.79 Å². The van der Waals surface area contributed by atoms with Crippen LogP contribution in [-0.4, -0.2) is 18.4 Å². The first kappa shape index (κ1) is 12.0. The van der Waals surface area contributed by atoms with Crippen molar-refractivity contribution in [3.05, 3.63) is 35.9 Å². The van der Waals surface area contributed by atoms with Gasteiger partial charge in [0.25, 0.3) is 0 Å². The van der Waals surface area contributed by atoms with Gasteiger partial charge in [0.05, 0.1) is 0 Å². The lowest BCUT2D eigenvalue weighted by atomic mass is 10.2. The van der Waals surface area contributed by atoms with Crippen molar-refractivity contribution in [1.82, 2.24) is 10.7 Å². The lowest BCUT2D eigenvalue weighted by Gasteiger charge is -2.03. The Morgan fingerprint density at radius 3 is 2.62 bits per heavy atom. The molecule has 0 aromatic heterocycles.